The van der Waals surface area contributed by atoms with Crippen LogP contribution in [0.5, 0.6) is 0 Å². The minimum atomic E-state index is -4.46. The molecule has 0 aromatic heterocycles. The summed E-state index contributed by atoms with van der Waals surface area (Å²) in [6.45, 7) is 0.911. The minimum Gasteiger partial charge on any atom is -0.335 e. The van der Waals surface area contributed by atoms with Gasteiger partial charge in [-0.25, -0.2) is 9.18 Å². The molecule has 1 aliphatic heterocycles. The lowest BCUT2D eigenvalue weighted by Gasteiger charge is -2.34. The highest BCUT2D eigenvalue weighted by Crippen LogP contribution is 2.29. The molecule has 0 radical (unpaired) electrons. The van der Waals surface area contributed by atoms with Crippen molar-refractivity contribution in [3.8, 4) is 0 Å². The van der Waals surface area contributed by atoms with Crippen molar-refractivity contribution in [3.05, 3.63) is 65.5 Å². The fourth-order valence-corrected chi connectivity index (χ4v) is 2.85. The number of amides is 3. The van der Waals surface area contributed by atoms with Crippen molar-refractivity contribution in [1.29, 1.82) is 0 Å². The maximum Gasteiger partial charge on any atom is 0.416 e. The Morgan fingerprint density at radius 3 is 2.00 bits per heavy atom. The molecule has 0 aliphatic carbocycles. The third kappa shape index (κ3) is 4.41. The predicted octanol–water partition coefficient (Wildman–Crippen LogP) is 3.83. The van der Waals surface area contributed by atoms with Crippen molar-refractivity contribution in [2.75, 3.05) is 31.5 Å². The monoisotopic (exact) mass is 395 g/mol. The third-order valence-electron chi connectivity index (χ3n) is 4.43. The average molecular weight is 395 g/mol. The molecule has 2 aromatic carbocycles. The van der Waals surface area contributed by atoms with Gasteiger partial charge in [0.05, 0.1) is 11.3 Å². The summed E-state index contributed by atoms with van der Waals surface area (Å²) in [6, 6.07) is 9.32. The number of anilines is 1. The van der Waals surface area contributed by atoms with Crippen LogP contribution in [0.3, 0.4) is 0 Å². The minimum absolute atomic E-state index is 0.0655. The molecule has 0 atom stereocenters. The molecule has 0 bridgehead atoms. The van der Waals surface area contributed by atoms with Gasteiger partial charge in [0.25, 0.3) is 5.91 Å². The summed E-state index contributed by atoms with van der Waals surface area (Å²) in [4.78, 5) is 27.6. The molecule has 148 valence electrons. The Hall–Kier alpha value is -3.10. The Bertz CT molecular complexity index is 860. The highest BCUT2D eigenvalue weighted by molar-refractivity contribution is 5.94. The van der Waals surface area contributed by atoms with Gasteiger partial charge in [0.15, 0.2) is 0 Å². The molecule has 0 spiro atoms. The van der Waals surface area contributed by atoms with E-state index < -0.39 is 29.5 Å². The molecule has 1 fully saturated rings. The lowest BCUT2D eigenvalue weighted by atomic mass is 10.1. The molecule has 9 heteroatoms. The second-order valence-electron chi connectivity index (χ2n) is 6.26. The van der Waals surface area contributed by atoms with E-state index >= 15 is 0 Å². The van der Waals surface area contributed by atoms with Gasteiger partial charge in [0.1, 0.15) is 5.82 Å². The molecule has 2 aromatic rings. The van der Waals surface area contributed by atoms with Gasteiger partial charge in [-0.3, -0.25) is 4.79 Å². The van der Waals surface area contributed by atoms with Crippen LogP contribution in [0.25, 0.3) is 0 Å². The van der Waals surface area contributed by atoms with Crippen LogP contribution in [0.2, 0.25) is 0 Å². The van der Waals surface area contributed by atoms with E-state index in [1.54, 1.807) is 6.07 Å². The number of halogens is 4. The van der Waals surface area contributed by atoms with Crippen molar-refractivity contribution >= 4 is 17.6 Å². The van der Waals surface area contributed by atoms with Crippen LogP contribution in [-0.2, 0) is 6.18 Å². The van der Waals surface area contributed by atoms with Gasteiger partial charge in [0, 0.05) is 31.7 Å². The second kappa shape index (κ2) is 7.87. The number of benzene rings is 2. The molecule has 1 N–H and O–H groups in total. The van der Waals surface area contributed by atoms with Crippen LogP contribution < -0.4 is 5.32 Å². The van der Waals surface area contributed by atoms with Crippen LogP contribution in [0.1, 0.15) is 15.9 Å². The van der Waals surface area contributed by atoms with E-state index in [2.05, 4.69) is 5.32 Å². The van der Waals surface area contributed by atoms with Crippen molar-refractivity contribution in [3.63, 3.8) is 0 Å². The van der Waals surface area contributed by atoms with Crippen molar-refractivity contribution in [2.45, 2.75) is 6.18 Å². The Morgan fingerprint density at radius 1 is 0.857 bits per heavy atom. The number of nitrogens with one attached hydrogen (secondary N) is 1. The van der Waals surface area contributed by atoms with Crippen molar-refractivity contribution in [1.82, 2.24) is 9.80 Å². The van der Waals surface area contributed by atoms with E-state index in [-0.39, 0.29) is 37.4 Å². The fourth-order valence-electron chi connectivity index (χ4n) is 2.85. The highest BCUT2D eigenvalue weighted by Gasteiger charge is 2.31. The Balaban J connectivity index is 1.56. The smallest absolute Gasteiger partial charge is 0.335 e. The standard InChI is InChI=1S/C19H17F4N3O2/c20-15-3-1-2-4-16(15)24-18(28)26-11-9-25(10-12-26)17(27)13-5-7-14(8-6-13)19(21,22)23/h1-8H,9-12H2,(H,24,28). The van der Waals surface area contributed by atoms with E-state index in [9.17, 15) is 27.2 Å². The number of urea groups is 1. The predicted molar refractivity (Wildman–Crippen MR) is 94.3 cm³/mol. The molecule has 3 amide bonds. The normalized spacial score (nSPS) is 14.7. The van der Waals surface area contributed by atoms with Crippen LogP contribution in [0, 0.1) is 5.82 Å². The van der Waals surface area contributed by atoms with E-state index in [4.69, 9.17) is 0 Å². The molecule has 28 heavy (non-hydrogen) atoms. The molecule has 1 aliphatic rings. The molecule has 1 saturated heterocycles. The second-order valence-corrected chi connectivity index (χ2v) is 6.26. The van der Waals surface area contributed by atoms with Gasteiger partial charge in [-0.05, 0) is 36.4 Å². The summed E-state index contributed by atoms with van der Waals surface area (Å²) in [6.07, 6.45) is -4.46. The summed E-state index contributed by atoms with van der Waals surface area (Å²) in [5, 5.41) is 2.48. The zero-order chi connectivity index (χ0) is 20.3. The lowest BCUT2D eigenvalue weighted by molar-refractivity contribution is -0.137. The zero-order valence-electron chi connectivity index (χ0n) is 14.7. The summed E-state index contributed by atoms with van der Waals surface area (Å²) < 4.78 is 51.5. The summed E-state index contributed by atoms with van der Waals surface area (Å²) in [5.41, 5.74) is -0.605. The number of alkyl halides is 3. The highest BCUT2D eigenvalue weighted by atomic mass is 19.4. The Kier molecular flexibility index (Phi) is 5.53. The molecular formula is C19H17F4N3O2. The van der Waals surface area contributed by atoms with Gasteiger partial charge in [-0.15, -0.1) is 0 Å². The quantitative estimate of drug-likeness (QED) is 0.786. The molecule has 0 unspecified atom stereocenters. The van der Waals surface area contributed by atoms with E-state index in [1.165, 1.54) is 28.0 Å². The van der Waals surface area contributed by atoms with E-state index in [0.717, 1.165) is 24.3 Å². The van der Waals surface area contributed by atoms with Crippen LogP contribution in [-0.4, -0.2) is 47.9 Å². The number of carbonyl (C=O) groups excluding carboxylic acids is 2. The number of hydrogen-bond donors (Lipinski definition) is 1. The summed E-state index contributed by atoms with van der Waals surface area (Å²) in [5.74, 6) is -0.949. The van der Waals surface area contributed by atoms with Crippen molar-refractivity contribution in [2.24, 2.45) is 0 Å². The molecule has 1 heterocycles. The molecular weight excluding hydrogens is 378 g/mol. The maximum absolute atomic E-state index is 13.6. The van der Waals surface area contributed by atoms with Crippen molar-refractivity contribution < 1.29 is 27.2 Å². The van der Waals surface area contributed by atoms with Crippen LogP contribution >= 0.6 is 0 Å². The van der Waals surface area contributed by atoms with E-state index in [1.807, 2.05) is 0 Å². The van der Waals surface area contributed by atoms with E-state index in [0.29, 0.717) is 0 Å². The average Bonchev–Trinajstić information content (AvgIpc) is 2.69. The number of hydrogen-bond acceptors (Lipinski definition) is 2. The first-order valence-corrected chi connectivity index (χ1v) is 8.53. The number of para-hydroxylation sites is 1. The number of rotatable bonds is 2. The zero-order valence-corrected chi connectivity index (χ0v) is 14.7. The SMILES string of the molecule is O=C(Nc1ccccc1F)N1CCN(C(=O)c2ccc(C(F)(F)F)cc2)CC1. The third-order valence-corrected chi connectivity index (χ3v) is 4.43. The van der Waals surface area contributed by atoms with Gasteiger partial charge >= 0.3 is 12.2 Å². The number of piperazine rings is 1. The lowest BCUT2D eigenvalue weighted by Crippen LogP contribution is -2.51. The maximum atomic E-state index is 13.6. The molecule has 0 saturated carbocycles. The van der Waals surface area contributed by atoms with Gasteiger partial charge in [-0.2, -0.15) is 13.2 Å². The van der Waals surface area contributed by atoms with Crippen LogP contribution in [0.15, 0.2) is 48.5 Å². The van der Waals surface area contributed by atoms with Crippen LogP contribution in [0.4, 0.5) is 28.0 Å². The van der Waals surface area contributed by atoms with Gasteiger partial charge in [-0.1, -0.05) is 12.1 Å². The largest absolute Gasteiger partial charge is 0.416 e. The molecule has 3 rings (SSSR count). The fraction of sp³-hybridized carbons (Fsp3) is 0.263. The molecule has 5 nitrogen and oxygen atoms in total. The first kappa shape index (κ1) is 19.7. The summed E-state index contributed by atoms with van der Waals surface area (Å²) >= 11 is 0. The Labute approximate surface area is 158 Å². The number of nitrogens with zero attached hydrogens (tertiary/aromatic N) is 2. The first-order chi connectivity index (χ1) is 13.3. The Morgan fingerprint density at radius 2 is 1.43 bits per heavy atom. The summed E-state index contributed by atoms with van der Waals surface area (Å²) in [7, 11) is 0. The first-order valence-electron chi connectivity index (χ1n) is 8.53. The topological polar surface area (TPSA) is 52.7 Å². The number of carbonyl (C=O) groups is 2. The van der Waals surface area contributed by atoms with Gasteiger partial charge < -0.3 is 15.1 Å². The van der Waals surface area contributed by atoms with Gasteiger partial charge in [0.2, 0.25) is 0 Å².